The van der Waals surface area contributed by atoms with E-state index in [1.54, 1.807) is 4.40 Å². The summed E-state index contributed by atoms with van der Waals surface area (Å²) in [5, 5.41) is 5.40. The molecule has 3 aromatic rings. The third kappa shape index (κ3) is 2.73. The van der Waals surface area contributed by atoms with Gasteiger partial charge in [0.05, 0.1) is 11.3 Å². The Morgan fingerprint density at radius 1 is 1.30 bits per heavy atom. The Balaban J connectivity index is 2.13. The van der Waals surface area contributed by atoms with Crippen molar-refractivity contribution >= 4 is 17.5 Å². The summed E-state index contributed by atoms with van der Waals surface area (Å²) in [6, 6.07) is 8.35. The molecule has 6 heteroatoms. The average molecular weight is 383 g/mol. The van der Waals surface area contributed by atoms with Crippen LogP contribution in [0.1, 0.15) is 45.2 Å². The van der Waals surface area contributed by atoms with Crippen LogP contribution >= 0.6 is 11.8 Å². The van der Waals surface area contributed by atoms with E-state index in [-0.39, 0.29) is 11.0 Å². The average Bonchev–Trinajstić information content (AvgIpc) is 2.99. The van der Waals surface area contributed by atoms with Gasteiger partial charge in [-0.15, -0.1) is 5.10 Å². The number of thioether (sulfide) groups is 1. The van der Waals surface area contributed by atoms with Gasteiger partial charge in [-0.1, -0.05) is 63.7 Å². The zero-order chi connectivity index (χ0) is 19.3. The van der Waals surface area contributed by atoms with E-state index >= 15 is 0 Å². The molecule has 2 aromatic heterocycles. The molecule has 0 fully saturated rings. The van der Waals surface area contributed by atoms with Gasteiger partial charge in [0.25, 0.3) is 5.56 Å². The van der Waals surface area contributed by atoms with E-state index in [1.165, 1.54) is 17.3 Å². The highest BCUT2D eigenvalue weighted by Gasteiger charge is 2.38. The minimum absolute atomic E-state index is 0.0354. The second-order valence-electron chi connectivity index (χ2n) is 8.09. The quantitative estimate of drug-likeness (QED) is 0.636. The molecular formula is C21H26N4OS. The Hall–Kier alpha value is -2.08. The smallest absolute Gasteiger partial charge is 0.265 e. The summed E-state index contributed by atoms with van der Waals surface area (Å²) in [5.74, 6) is 1.07. The molecule has 2 heterocycles. The molecule has 0 unspecified atom stereocenters. The van der Waals surface area contributed by atoms with Crippen LogP contribution in [-0.4, -0.2) is 25.4 Å². The molecule has 1 aromatic carbocycles. The highest BCUT2D eigenvalue weighted by Crippen LogP contribution is 2.42. The molecule has 1 aliphatic rings. The van der Waals surface area contributed by atoms with Crippen molar-refractivity contribution in [1.82, 2.24) is 19.2 Å². The van der Waals surface area contributed by atoms with Crippen molar-refractivity contribution in [2.24, 2.45) is 5.92 Å². The van der Waals surface area contributed by atoms with Crippen molar-refractivity contribution in [3.05, 3.63) is 45.7 Å². The van der Waals surface area contributed by atoms with Gasteiger partial charge in [-0.25, -0.2) is 14.1 Å². The highest BCUT2D eigenvalue weighted by atomic mass is 32.2. The largest absolute Gasteiger partial charge is 0.268 e. The summed E-state index contributed by atoms with van der Waals surface area (Å²) in [6.07, 6.45) is 3.72. The summed E-state index contributed by atoms with van der Waals surface area (Å²) in [6.45, 7) is 9.38. The molecule has 1 aliphatic carbocycles. The van der Waals surface area contributed by atoms with Crippen molar-refractivity contribution in [3.63, 3.8) is 0 Å². The molecule has 0 spiro atoms. The summed E-state index contributed by atoms with van der Waals surface area (Å²) in [4.78, 5) is 18.7. The monoisotopic (exact) mass is 382 g/mol. The maximum atomic E-state index is 13.7. The minimum Gasteiger partial charge on any atom is -0.268 e. The Morgan fingerprint density at radius 3 is 2.70 bits per heavy atom. The first kappa shape index (κ1) is 18.3. The van der Waals surface area contributed by atoms with E-state index in [2.05, 4.69) is 51.0 Å². The van der Waals surface area contributed by atoms with Crippen LogP contribution in [0.15, 0.2) is 34.2 Å². The van der Waals surface area contributed by atoms with Gasteiger partial charge in [0.1, 0.15) is 0 Å². The van der Waals surface area contributed by atoms with Gasteiger partial charge < -0.3 is 0 Å². The fourth-order valence-electron chi connectivity index (χ4n) is 4.10. The molecule has 5 nitrogen and oxygen atoms in total. The minimum atomic E-state index is -0.217. The maximum Gasteiger partial charge on any atom is 0.265 e. The first-order chi connectivity index (χ1) is 12.9. The maximum absolute atomic E-state index is 13.7. The topological polar surface area (TPSA) is 52.2 Å². The zero-order valence-electron chi connectivity index (χ0n) is 16.6. The molecule has 0 saturated heterocycles. The predicted molar refractivity (Wildman–Crippen MR) is 111 cm³/mol. The molecule has 0 saturated carbocycles. The Bertz CT molecular complexity index is 1080. The fourth-order valence-corrected chi connectivity index (χ4v) is 4.63. The van der Waals surface area contributed by atoms with Gasteiger partial charge in [-0.2, -0.15) is 0 Å². The van der Waals surface area contributed by atoms with Crippen molar-refractivity contribution < 1.29 is 0 Å². The Labute approximate surface area is 163 Å². The number of hydrogen-bond donors (Lipinski definition) is 0. The summed E-state index contributed by atoms with van der Waals surface area (Å²) < 4.78 is 3.60. The van der Waals surface area contributed by atoms with Crippen molar-refractivity contribution in [3.8, 4) is 11.3 Å². The molecule has 142 valence electrons. The number of fused-ring (bicyclic) bond motifs is 4. The molecule has 0 amide bonds. The van der Waals surface area contributed by atoms with Crippen LogP contribution < -0.4 is 5.56 Å². The Kier molecular flexibility index (Phi) is 4.41. The standard InChI is InChI=1S/C21H26N4OS/c1-6-21(4)11-14-9-7-8-10-15(14)17-16(21)18(26)25-19(22-17)24(12-13(2)3)23-20(25)27-5/h7-10,13H,6,11-12H2,1-5H3/t21-/m1/s1. The Morgan fingerprint density at radius 2 is 2.04 bits per heavy atom. The third-order valence-corrected chi connectivity index (χ3v) is 6.28. The fraction of sp³-hybridized carbons (Fsp3) is 0.476. The van der Waals surface area contributed by atoms with Crippen molar-refractivity contribution in [2.45, 2.75) is 57.7 Å². The van der Waals surface area contributed by atoms with E-state index in [0.717, 1.165) is 36.2 Å². The third-order valence-electron chi connectivity index (χ3n) is 5.65. The van der Waals surface area contributed by atoms with Crippen molar-refractivity contribution in [2.75, 3.05) is 6.26 Å². The van der Waals surface area contributed by atoms with Crippen LogP contribution in [0.5, 0.6) is 0 Å². The second-order valence-corrected chi connectivity index (χ2v) is 8.86. The van der Waals surface area contributed by atoms with E-state index in [0.29, 0.717) is 16.9 Å². The first-order valence-electron chi connectivity index (χ1n) is 9.56. The first-order valence-corrected chi connectivity index (χ1v) is 10.8. The molecular weight excluding hydrogens is 356 g/mol. The zero-order valence-corrected chi connectivity index (χ0v) is 17.4. The van der Waals surface area contributed by atoms with Gasteiger partial charge in [0.15, 0.2) is 5.16 Å². The SMILES string of the molecule is CC[C@]1(C)Cc2ccccc2-c2nc3n(CC(C)C)nc(SC)n3c(=O)c21. The lowest BCUT2D eigenvalue weighted by molar-refractivity contribution is 0.439. The summed E-state index contributed by atoms with van der Waals surface area (Å²) in [7, 11) is 0. The van der Waals surface area contributed by atoms with Crippen LogP contribution in [0, 0.1) is 5.92 Å². The van der Waals surface area contributed by atoms with E-state index in [9.17, 15) is 4.79 Å². The van der Waals surface area contributed by atoms with Gasteiger partial charge >= 0.3 is 0 Å². The number of hydrogen-bond acceptors (Lipinski definition) is 4. The number of benzene rings is 1. The van der Waals surface area contributed by atoms with Crippen molar-refractivity contribution in [1.29, 1.82) is 0 Å². The van der Waals surface area contributed by atoms with Crippen LogP contribution in [0.4, 0.5) is 0 Å². The van der Waals surface area contributed by atoms with Crippen LogP contribution in [0.3, 0.4) is 0 Å². The van der Waals surface area contributed by atoms with E-state index < -0.39 is 0 Å². The number of nitrogens with zero attached hydrogens (tertiary/aromatic N) is 4. The lowest BCUT2D eigenvalue weighted by Crippen LogP contribution is -2.37. The van der Waals surface area contributed by atoms with E-state index in [4.69, 9.17) is 4.98 Å². The van der Waals surface area contributed by atoms with Gasteiger partial charge in [-0.3, -0.25) is 4.79 Å². The molecule has 1 atom stereocenters. The molecule has 4 rings (SSSR count). The molecule has 27 heavy (non-hydrogen) atoms. The predicted octanol–water partition coefficient (Wildman–Crippen LogP) is 4.16. The summed E-state index contributed by atoms with van der Waals surface area (Å²) >= 11 is 1.50. The molecule has 0 N–H and O–H groups in total. The number of aromatic nitrogens is 4. The molecule has 0 radical (unpaired) electrons. The van der Waals surface area contributed by atoms with Gasteiger partial charge in [0.2, 0.25) is 5.78 Å². The van der Waals surface area contributed by atoms with Gasteiger partial charge in [0, 0.05) is 17.5 Å². The number of rotatable bonds is 4. The van der Waals surface area contributed by atoms with Crippen LogP contribution in [0.2, 0.25) is 0 Å². The highest BCUT2D eigenvalue weighted by molar-refractivity contribution is 7.98. The van der Waals surface area contributed by atoms with Crippen LogP contribution in [0.25, 0.3) is 17.0 Å². The van der Waals surface area contributed by atoms with Crippen LogP contribution in [-0.2, 0) is 18.4 Å². The summed E-state index contributed by atoms with van der Waals surface area (Å²) in [5.41, 5.74) is 3.84. The lowest BCUT2D eigenvalue weighted by Gasteiger charge is -2.35. The molecule has 0 aliphatic heterocycles. The van der Waals surface area contributed by atoms with E-state index in [1.807, 2.05) is 17.0 Å². The normalized spacial score (nSPS) is 18.7. The van der Waals surface area contributed by atoms with Gasteiger partial charge in [-0.05, 0) is 30.6 Å². The lowest BCUT2D eigenvalue weighted by atomic mass is 9.69. The molecule has 0 bridgehead atoms. The second kappa shape index (κ2) is 6.51.